The molecule has 7 aromatic carbocycles. The van der Waals surface area contributed by atoms with Crippen LogP contribution in [0, 0.1) is 17.7 Å². The average molecular weight is 1020 g/mol. The van der Waals surface area contributed by atoms with Crippen LogP contribution in [0.5, 0.6) is 0 Å². The van der Waals surface area contributed by atoms with E-state index in [0.717, 1.165) is 20.8 Å². The molecular formula is C63H66Cl2F2Zr-2. The molecule has 0 aliphatic heterocycles. The fourth-order valence-corrected chi connectivity index (χ4v) is 11.4. The van der Waals surface area contributed by atoms with Crippen LogP contribution in [0.4, 0.5) is 8.78 Å². The standard InChI is InChI=1S/C45H53.C13H8F2.C5H5.2ClH.Zr/c1-44(2,3)42-28-38-32(26-40(42)36-23-15-13-21-34(36)30-17-9-7-10-18-30)25-33-27-41(43(29-39(33)38)45(4,5)6)37-24-16-14-22-35(37)31-19-11-8-12-20-31;14-12-5-1-10(2-6-12)9-11-3-7-13(15)8-4-11;1-2-4-5-3-1;;;/h13-16,21-24,26,28-31H,7-12,17-20,25H2,1-6H3;1-8H;1-5H;2*1H;/q-1;;-1;;;+2/p-2. The van der Waals surface area contributed by atoms with E-state index < -0.39 is 0 Å². The summed E-state index contributed by atoms with van der Waals surface area (Å²) in [5, 5.41) is 0. The summed E-state index contributed by atoms with van der Waals surface area (Å²) in [5.41, 5.74) is 19.4. The molecule has 2 fully saturated rings. The van der Waals surface area contributed by atoms with E-state index in [0.29, 0.717) is 11.8 Å². The van der Waals surface area contributed by atoms with Crippen LogP contribution in [0.2, 0.25) is 0 Å². The molecule has 68 heavy (non-hydrogen) atoms. The molecule has 352 valence electrons. The van der Waals surface area contributed by atoms with E-state index in [4.69, 9.17) is 0 Å². The van der Waals surface area contributed by atoms with Gasteiger partial charge in [-0.25, -0.2) is 12.1 Å². The van der Waals surface area contributed by atoms with Crippen LogP contribution in [-0.4, -0.2) is 3.21 Å². The zero-order chi connectivity index (χ0) is 46.4. The first kappa shape index (κ1) is 53.2. The Morgan fingerprint density at radius 3 is 1.44 bits per heavy atom. The van der Waals surface area contributed by atoms with E-state index >= 15 is 0 Å². The maximum atomic E-state index is 12.8. The summed E-state index contributed by atoms with van der Waals surface area (Å²) >= 11 is 1.22. The Balaban J connectivity index is 0.000000274. The van der Waals surface area contributed by atoms with Crippen LogP contribution in [-0.2, 0) is 41.5 Å². The molecular weight excluding hydrogens is 957 g/mol. The number of rotatable bonds is 6. The van der Waals surface area contributed by atoms with Crippen molar-refractivity contribution in [3.8, 4) is 33.4 Å². The molecule has 0 nitrogen and oxygen atoms in total. The van der Waals surface area contributed by atoms with Crippen molar-refractivity contribution in [2.24, 2.45) is 0 Å². The van der Waals surface area contributed by atoms with E-state index in [1.165, 1.54) is 168 Å². The predicted molar refractivity (Wildman–Crippen MR) is 271 cm³/mol. The van der Waals surface area contributed by atoms with E-state index in [-0.39, 0.29) is 47.3 Å². The molecule has 0 bridgehead atoms. The van der Waals surface area contributed by atoms with Gasteiger partial charge in [0.15, 0.2) is 0 Å². The Kier molecular flexibility index (Phi) is 18.5. The molecule has 0 radical (unpaired) electrons. The van der Waals surface area contributed by atoms with Crippen molar-refractivity contribution in [1.29, 1.82) is 0 Å². The number of hydrogen-bond donors (Lipinski definition) is 0. The largest absolute Gasteiger partial charge is 1.00 e. The van der Waals surface area contributed by atoms with E-state index in [9.17, 15) is 8.78 Å². The van der Waals surface area contributed by atoms with Crippen LogP contribution >= 0.6 is 0 Å². The molecule has 0 aromatic heterocycles. The van der Waals surface area contributed by atoms with Gasteiger partial charge in [-0.2, -0.15) is 18.2 Å². The number of halogens is 4. The van der Waals surface area contributed by atoms with Gasteiger partial charge in [-0.3, -0.25) is 0 Å². The zero-order valence-corrected chi connectivity index (χ0v) is 44.8. The first-order valence-corrected chi connectivity index (χ1v) is 25.7. The van der Waals surface area contributed by atoms with Gasteiger partial charge in [0.1, 0.15) is 0 Å². The molecule has 0 spiro atoms. The zero-order valence-electron chi connectivity index (χ0n) is 40.8. The van der Waals surface area contributed by atoms with Gasteiger partial charge in [-0.05, 0) is 82.6 Å². The van der Waals surface area contributed by atoms with Gasteiger partial charge in [0, 0.05) is 0 Å². The summed E-state index contributed by atoms with van der Waals surface area (Å²) in [6, 6.07) is 53.2. The SMILES string of the molecule is CC(C)(C)c1cc2c([c-]c1-c1ccccc1C1CCCCC1)Cc1cc(-c3ccccc3C3CCCCC3)c(C(C)(C)C)cc1-2.Fc1ccc([C](=[Zr+2])c2ccc(F)cc2)cc1.[Cl-].[Cl-].c1cc[cH-]c1. The third kappa shape index (κ3) is 12.6. The third-order valence-electron chi connectivity index (χ3n) is 14.1. The predicted octanol–water partition coefficient (Wildman–Crippen LogP) is 11.6. The third-order valence-corrected chi connectivity index (χ3v) is 15.5. The van der Waals surface area contributed by atoms with Gasteiger partial charge in [-0.15, -0.1) is 28.8 Å². The summed E-state index contributed by atoms with van der Waals surface area (Å²) in [6.07, 6.45) is 14.5. The minimum atomic E-state index is -0.244. The van der Waals surface area contributed by atoms with Gasteiger partial charge in [0.2, 0.25) is 0 Å². The number of benzene rings is 6. The first-order chi connectivity index (χ1) is 31.8. The first-order valence-electron chi connectivity index (χ1n) is 24.5. The van der Waals surface area contributed by atoms with Crippen LogP contribution in [0.1, 0.15) is 162 Å². The topological polar surface area (TPSA) is 0 Å². The van der Waals surface area contributed by atoms with Crippen LogP contribution < -0.4 is 24.8 Å². The van der Waals surface area contributed by atoms with Crippen molar-refractivity contribution in [2.45, 2.75) is 135 Å². The van der Waals surface area contributed by atoms with Gasteiger partial charge < -0.3 is 24.8 Å². The second-order valence-corrected chi connectivity index (χ2v) is 22.1. The molecule has 0 amide bonds. The Morgan fingerprint density at radius 2 is 0.971 bits per heavy atom. The van der Waals surface area contributed by atoms with Crippen LogP contribution in [0.25, 0.3) is 33.4 Å². The molecule has 7 aromatic rings. The fraction of sp³-hybridized carbons (Fsp3) is 0.333. The quantitative estimate of drug-likeness (QED) is 0.146. The minimum absolute atomic E-state index is 0. The van der Waals surface area contributed by atoms with Crippen molar-refractivity contribution < 1.29 is 57.8 Å². The monoisotopic (exact) mass is 1020 g/mol. The van der Waals surface area contributed by atoms with Gasteiger partial charge >= 0.3 is 108 Å². The molecule has 2 saturated carbocycles. The summed E-state index contributed by atoms with van der Waals surface area (Å²) in [4.78, 5) is 0. The molecule has 0 saturated heterocycles. The summed E-state index contributed by atoms with van der Waals surface area (Å²) in [5.74, 6) is 0.864. The summed E-state index contributed by atoms with van der Waals surface area (Å²) < 4.78 is 26.6. The van der Waals surface area contributed by atoms with Crippen LogP contribution in [0.15, 0.2) is 146 Å². The number of fused-ring (bicyclic) bond motifs is 3. The number of hydrogen-bond acceptors (Lipinski definition) is 0. The molecule has 0 N–H and O–H groups in total. The molecule has 0 atom stereocenters. The van der Waals surface area contributed by atoms with Crippen molar-refractivity contribution in [1.82, 2.24) is 0 Å². The van der Waals surface area contributed by atoms with E-state index in [2.05, 4.69) is 114 Å². The van der Waals surface area contributed by atoms with Crippen molar-refractivity contribution in [3.63, 3.8) is 0 Å². The summed E-state index contributed by atoms with van der Waals surface area (Å²) in [7, 11) is 0. The second-order valence-electron chi connectivity index (χ2n) is 20.9. The minimum Gasteiger partial charge on any atom is -1.00 e. The molecule has 0 heterocycles. The Morgan fingerprint density at radius 1 is 0.515 bits per heavy atom. The van der Waals surface area contributed by atoms with Gasteiger partial charge in [0.25, 0.3) is 0 Å². The van der Waals surface area contributed by atoms with Gasteiger partial charge in [-0.1, -0.05) is 163 Å². The maximum Gasteiger partial charge on any atom is -0.172 e. The second kappa shape index (κ2) is 23.6. The average Bonchev–Trinajstić information content (AvgIpc) is 4.04. The van der Waals surface area contributed by atoms with Crippen molar-refractivity contribution in [2.75, 3.05) is 0 Å². The molecule has 0 unspecified atom stereocenters. The summed E-state index contributed by atoms with van der Waals surface area (Å²) in [6.45, 7) is 14.4. The molecule has 10 rings (SSSR count). The van der Waals surface area contributed by atoms with Crippen molar-refractivity contribution >= 4 is 3.21 Å². The van der Waals surface area contributed by atoms with Gasteiger partial charge in [0.05, 0.1) is 0 Å². The normalized spacial score (nSPS) is 14.7. The fourth-order valence-electron chi connectivity index (χ4n) is 10.6. The molecule has 3 aliphatic carbocycles. The Bertz CT molecular complexity index is 2530. The molecule has 5 heteroatoms. The van der Waals surface area contributed by atoms with Crippen molar-refractivity contribution in [3.05, 3.63) is 208 Å². The molecule has 3 aliphatic rings. The Hall–Kier alpha value is -4.14. The Labute approximate surface area is 433 Å². The smallest absolute Gasteiger partial charge is 0.172 e. The van der Waals surface area contributed by atoms with Crippen LogP contribution in [0.3, 0.4) is 0 Å². The maximum absolute atomic E-state index is 12.8. The van der Waals surface area contributed by atoms with E-state index in [1.807, 2.05) is 30.3 Å². The van der Waals surface area contributed by atoms with E-state index in [1.54, 1.807) is 35.4 Å².